The van der Waals surface area contributed by atoms with Crippen LogP contribution in [0, 0.1) is 4.78 Å². The number of alkyl halides is 3. The zero-order valence-corrected chi connectivity index (χ0v) is 15.9. The van der Waals surface area contributed by atoms with Crippen LogP contribution in [0.5, 0.6) is 0 Å². The first kappa shape index (κ1) is 18.8. The Bertz CT molecular complexity index is 1180. The van der Waals surface area contributed by atoms with Gasteiger partial charge in [0.1, 0.15) is 11.2 Å². The minimum Gasteiger partial charge on any atom is -0.309 e. The summed E-state index contributed by atoms with van der Waals surface area (Å²) >= 11 is 0. The molecular weight excluding hydrogens is 393 g/mol. The van der Waals surface area contributed by atoms with Crippen LogP contribution in [0.15, 0.2) is 23.2 Å². The highest BCUT2D eigenvalue weighted by Crippen LogP contribution is 2.41. The summed E-state index contributed by atoms with van der Waals surface area (Å²) in [5.41, 5.74) is 0.159. The second-order valence-electron chi connectivity index (χ2n) is 6.78. The molecule has 3 aromatic heterocycles. The van der Waals surface area contributed by atoms with Gasteiger partial charge in [0.15, 0.2) is 17.2 Å². The van der Waals surface area contributed by atoms with Gasteiger partial charge < -0.3 is 4.57 Å². The van der Waals surface area contributed by atoms with Crippen LogP contribution in [0.4, 0.5) is 13.2 Å². The minimum absolute atomic E-state index is 0.00632. The highest BCUT2D eigenvalue weighted by molar-refractivity contribution is 7.92. The zero-order valence-electron chi connectivity index (χ0n) is 15.1. The Labute approximate surface area is 159 Å². The van der Waals surface area contributed by atoms with Crippen LogP contribution in [0.1, 0.15) is 36.9 Å². The molecule has 0 aromatic carbocycles. The zero-order chi connectivity index (χ0) is 20.3. The van der Waals surface area contributed by atoms with Gasteiger partial charge in [-0.25, -0.2) is 14.0 Å². The lowest BCUT2D eigenvalue weighted by Gasteiger charge is -2.12. The number of pyridine rings is 1. The molecule has 148 valence electrons. The summed E-state index contributed by atoms with van der Waals surface area (Å²) in [4.78, 5) is 8.89. The summed E-state index contributed by atoms with van der Waals surface area (Å²) in [5, 5.41) is 6.87. The Balaban J connectivity index is 1.93. The van der Waals surface area contributed by atoms with E-state index in [0.29, 0.717) is 5.92 Å². The van der Waals surface area contributed by atoms with E-state index in [2.05, 4.69) is 20.2 Å². The Hall–Kier alpha value is -2.56. The standard InChI is InChI=1S/C17H17F3N6OS/c1-3-28(21,27)12-6-10(9-4-5-9)8-22-14(12)16-23-11-7-13(17(18,19)20)24-25-15(11)26(16)2/h6-9,21H,3-5H2,1-2H3. The first-order valence-electron chi connectivity index (χ1n) is 8.66. The van der Waals surface area contributed by atoms with Crippen molar-refractivity contribution in [1.82, 2.24) is 24.7 Å². The van der Waals surface area contributed by atoms with E-state index in [1.54, 1.807) is 26.2 Å². The topological polar surface area (TPSA) is 97.4 Å². The molecule has 7 nitrogen and oxygen atoms in total. The van der Waals surface area contributed by atoms with Crippen molar-refractivity contribution < 1.29 is 17.4 Å². The summed E-state index contributed by atoms with van der Waals surface area (Å²) in [7, 11) is -1.55. The second-order valence-corrected chi connectivity index (χ2v) is 9.15. The predicted octanol–water partition coefficient (Wildman–Crippen LogP) is 3.75. The van der Waals surface area contributed by atoms with Gasteiger partial charge in [-0.05, 0) is 30.4 Å². The molecule has 0 spiro atoms. The number of halogens is 3. The third-order valence-corrected chi connectivity index (χ3v) is 6.64. The van der Waals surface area contributed by atoms with Crippen molar-refractivity contribution in [2.75, 3.05) is 5.75 Å². The Morgan fingerprint density at radius 2 is 2.00 bits per heavy atom. The van der Waals surface area contributed by atoms with E-state index in [0.717, 1.165) is 24.5 Å². The Kier molecular flexibility index (Phi) is 4.18. The molecule has 1 N–H and O–H groups in total. The van der Waals surface area contributed by atoms with Crippen molar-refractivity contribution in [1.29, 1.82) is 4.78 Å². The van der Waals surface area contributed by atoms with Crippen molar-refractivity contribution in [2.45, 2.75) is 36.8 Å². The quantitative estimate of drug-likeness (QED) is 0.707. The lowest BCUT2D eigenvalue weighted by Crippen LogP contribution is -2.09. The molecule has 3 aromatic rings. The van der Waals surface area contributed by atoms with Crippen molar-refractivity contribution >= 4 is 20.9 Å². The van der Waals surface area contributed by atoms with Gasteiger partial charge in [0.25, 0.3) is 0 Å². The summed E-state index contributed by atoms with van der Waals surface area (Å²) < 4.78 is 61.4. The molecule has 0 saturated heterocycles. The molecule has 1 fully saturated rings. The summed E-state index contributed by atoms with van der Waals surface area (Å²) in [6, 6.07) is 2.55. The number of imidazole rings is 1. The fraction of sp³-hybridized carbons (Fsp3) is 0.412. The predicted molar refractivity (Wildman–Crippen MR) is 96.2 cm³/mol. The lowest BCUT2D eigenvalue weighted by atomic mass is 10.2. The highest BCUT2D eigenvalue weighted by atomic mass is 32.2. The molecule has 1 atom stereocenters. The van der Waals surface area contributed by atoms with Gasteiger partial charge in [-0.3, -0.25) is 4.98 Å². The molecule has 1 aliphatic rings. The van der Waals surface area contributed by atoms with Crippen LogP contribution in [-0.2, 0) is 23.0 Å². The van der Waals surface area contributed by atoms with Crippen molar-refractivity contribution in [3.63, 3.8) is 0 Å². The number of nitrogens with zero attached hydrogens (tertiary/aromatic N) is 5. The SMILES string of the molecule is CCS(=N)(=O)c1cc(C2CC2)cnc1-c1nc2cc(C(F)(F)F)nnc2n1C. The van der Waals surface area contributed by atoms with E-state index in [1.165, 1.54) is 4.57 Å². The number of aromatic nitrogens is 5. The summed E-state index contributed by atoms with van der Waals surface area (Å²) in [6.07, 6.45) is -0.929. The summed E-state index contributed by atoms with van der Waals surface area (Å²) in [6.45, 7) is 1.65. The van der Waals surface area contributed by atoms with E-state index >= 15 is 0 Å². The summed E-state index contributed by atoms with van der Waals surface area (Å²) in [5.74, 6) is 0.653. The van der Waals surface area contributed by atoms with Crippen molar-refractivity contribution in [3.05, 3.63) is 29.6 Å². The van der Waals surface area contributed by atoms with Gasteiger partial charge in [0.05, 0.1) is 14.6 Å². The molecule has 0 aliphatic heterocycles. The molecule has 1 saturated carbocycles. The highest BCUT2D eigenvalue weighted by Gasteiger charge is 2.34. The fourth-order valence-electron chi connectivity index (χ4n) is 3.01. The van der Waals surface area contributed by atoms with Gasteiger partial charge in [-0.15, -0.1) is 10.2 Å². The van der Waals surface area contributed by atoms with Crippen LogP contribution in [-0.4, -0.2) is 34.7 Å². The molecule has 0 radical (unpaired) electrons. The average molecular weight is 410 g/mol. The van der Waals surface area contributed by atoms with Gasteiger partial charge in [0, 0.05) is 25.1 Å². The second kappa shape index (κ2) is 6.23. The molecule has 4 rings (SSSR count). The number of aryl methyl sites for hydroxylation is 1. The van der Waals surface area contributed by atoms with Crippen molar-refractivity contribution in [2.24, 2.45) is 7.05 Å². The Morgan fingerprint density at radius 3 is 2.61 bits per heavy atom. The van der Waals surface area contributed by atoms with Gasteiger partial charge in [-0.1, -0.05) is 6.92 Å². The molecule has 0 amide bonds. The van der Waals surface area contributed by atoms with E-state index in [4.69, 9.17) is 4.78 Å². The van der Waals surface area contributed by atoms with Gasteiger partial charge in [-0.2, -0.15) is 13.2 Å². The first-order chi connectivity index (χ1) is 13.1. The van der Waals surface area contributed by atoms with Crippen LogP contribution < -0.4 is 0 Å². The first-order valence-corrected chi connectivity index (χ1v) is 10.4. The normalized spacial score (nSPS) is 17.0. The van der Waals surface area contributed by atoms with Crippen molar-refractivity contribution in [3.8, 4) is 11.5 Å². The molecule has 1 aliphatic carbocycles. The molecule has 1 unspecified atom stereocenters. The van der Waals surface area contributed by atoms with Crippen LogP contribution in [0.3, 0.4) is 0 Å². The minimum atomic E-state index is -4.63. The number of rotatable bonds is 4. The average Bonchev–Trinajstić information content (AvgIpc) is 3.45. The van der Waals surface area contributed by atoms with Gasteiger partial charge >= 0.3 is 6.18 Å². The van der Waals surface area contributed by atoms with Crippen LogP contribution in [0.25, 0.3) is 22.7 Å². The third-order valence-electron chi connectivity index (χ3n) is 4.80. The van der Waals surface area contributed by atoms with Crippen LogP contribution >= 0.6 is 0 Å². The van der Waals surface area contributed by atoms with E-state index < -0.39 is 21.6 Å². The largest absolute Gasteiger partial charge is 0.435 e. The number of nitrogens with one attached hydrogen (secondary N) is 1. The number of hydrogen-bond donors (Lipinski definition) is 1. The Morgan fingerprint density at radius 1 is 1.29 bits per heavy atom. The van der Waals surface area contributed by atoms with Crippen LogP contribution in [0.2, 0.25) is 0 Å². The molecule has 28 heavy (non-hydrogen) atoms. The van der Waals surface area contributed by atoms with Gasteiger partial charge in [0.2, 0.25) is 0 Å². The van der Waals surface area contributed by atoms with E-state index in [9.17, 15) is 17.4 Å². The smallest absolute Gasteiger partial charge is 0.309 e. The third kappa shape index (κ3) is 3.13. The molecular formula is C17H17F3N6OS. The molecule has 11 heteroatoms. The van der Waals surface area contributed by atoms with E-state index in [-0.39, 0.29) is 33.3 Å². The maximum Gasteiger partial charge on any atom is 0.435 e. The number of fused-ring (bicyclic) bond motifs is 1. The molecule has 3 heterocycles. The fourth-order valence-corrected chi connectivity index (χ4v) is 4.10. The number of hydrogen-bond acceptors (Lipinski definition) is 6. The maximum atomic E-state index is 12.9. The maximum absolute atomic E-state index is 12.9. The monoisotopic (exact) mass is 410 g/mol. The van der Waals surface area contributed by atoms with E-state index in [1.807, 2.05) is 0 Å². The lowest BCUT2D eigenvalue weighted by molar-refractivity contribution is -0.141. The molecule has 0 bridgehead atoms.